The molecule has 0 bridgehead atoms. The van der Waals surface area contributed by atoms with Crippen LogP contribution in [0.1, 0.15) is 15.9 Å². The van der Waals surface area contributed by atoms with E-state index >= 15 is 0 Å². The van der Waals surface area contributed by atoms with Gasteiger partial charge in [-0.2, -0.15) is 0 Å². The van der Waals surface area contributed by atoms with Crippen molar-refractivity contribution in [3.8, 4) is 0 Å². The fourth-order valence-corrected chi connectivity index (χ4v) is 2.61. The van der Waals surface area contributed by atoms with Crippen molar-refractivity contribution in [2.24, 2.45) is 0 Å². The number of nitrogens with one attached hydrogen (secondary N) is 3. The third-order valence-electron chi connectivity index (χ3n) is 4.13. The maximum Gasteiger partial charge on any atom is 0.319 e. The van der Waals surface area contributed by atoms with Crippen LogP contribution in [0.15, 0.2) is 72.9 Å². The Morgan fingerprint density at radius 1 is 0.897 bits per heavy atom. The molecule has 0 aliphatic carbocycles. The van der Waals surface area contributed by atoms with Crippen LogP contribution in [0, 0.1) is 0 Å². The summed E-state index contributed by atoms with van der Waals surface area (Å²) in [7, 11) is 3.84. The van der Waals surface area contributed by atoms with Gasteiger partial charge in [0.1, 0.15) is 5.82 Å². The number of benzene rings is 2. The van der Waals surface area contributed by atoms with E-state index in [-0.39, 0.29) is 11.9 Å². The van der Waals surface area contributed by atoms with Crippen LogP contribution >= 0.6 is 0 Å². The summed E-state index contributed by atoms with van der Waals surface area (Å²) in [5.74, 6) is 0.647. The van der Waals surface area contributed by atoms with Gasteiger partial charge in [-0.25, -0.2) is 9.78 Å². The third-order valence-corrected chi connectivity index (χ3v) is 4.13. The number of pyridine rings is 1. The third kappa shape index (κ3) is 5.80. The van der Waals surface area contributed by atoms with Crippen molar-refractivity contribution in [3.63, 3.8) is 0 Å². The van der Waals surface area contributed by atoms with Gasteiger partial charge in [-0.05, 0) is 42.0 Å². The van der Waals surface area contributed by atoms with E-state index in [0.29, 0.717) is 23.5 Å². The molecule has 7 heteroatoms. The minimum Gasteiger partial charge on any atom is -0.363 e. The molecular weight excluding hydrogens is 366 g/mol. The van der Waals surface area contributed by atoms with Crippen LogP contribution in [0.4, 0.5) is 22.0 Å². The summed E-state index contributed by atoms with van der Waals surface area (Å²) in [6, 6.07) is 19.4. The van der Waals surface area contributed by atoms with Crippen LogP contribution < -0.4 is 20.9 Å². The highest BCUT2D eigenvalue weighted by molar-refractivity contribution is 6.04. The number of hydrogen-bond donors (Lipinski definition) is 3. The first kappa shape index (κ1) is 19.9. The molecule has 2 aromatic carbocycles. The maximum absolute atomic E-state index is 12.3. The predicted molar refractivity (Wildman–Crippen MR) is 115 cm³/mol. The first-order valence-electron chi connectivity index (χ1n) is 9.15. The van der Waals surface area contributed by atoms with Crippen molar-refractivity contribution in [1.82, 2.24) is 10.3 Å². The van der Waals surface area contributed by atoms with Gasteiger partial charge in [-0.1, -0.05) is 30.3 Å². The summed E-state index contributed by atoms with van der Waals surface area (Å²) in [5, 5.41) is 8.38. The van der Waals surface area contributed by atoms with Gasteiger partial charge >= 0.3 is 6.03 Å². The van der Waals surface area contributed by atoms with Gasteiger partial charge in [-0.15, -0.1) is 0 Å². The SMILES string of the molecule is CN(C)c1ccc(CNC(=O)Nc2cccc(NC(=O)c3ccccc3)c2)cn1. The van der Waals surface area contributed by atoms with Crippen LogP contribution in [-0.2, 0) is 6.54 Å². The van der Waals surface area contributed by atoms with E-state index in [4.69, 9.17) is 0 Å². The molecule has 3 N–H and O–H groups in total. The first-order valence-corrected chi connectivity index (χ1v) is 9.15. The highest BCUT2D eigenvalue weighted by Gasteiger charge is 2.07. The van der Waals surface area contributed by atoms with Crippen LogP contribution in [0.2, 0.25) is 0 Å². The number of amides is 3. The van der Waals surface area contributed by atoms with Crippen LogP contribution in [0.25, 0.3) is 0 Å². The predicted octanol–water partition coefficient (Wildman–Crippen LogP) is 3.72. The number of hydrogen-bond acceptors (Lipinski definition) is 4. The lowest BCUT2D eigenvalue weighted by molar-refractivity contribution is 0.102. The van der Waals surface area contributed by atoms with Gasteiger partial charge in [0, 0.05) is 43.8 Å². The van der Waals surface area contributed by atoms with Gasteiger partial charge in [0.25, 0.3) is 5.91 Å². The summed E-state index contributed by atoms with van der Waals surface area (Å²) in [5.41, 5.74) is 2.64. The summed E-state index contributed by atoms with van der Waals surface area (Å²) >= 11 is 0. The second-order valence-electron chi connectivity index (χ2n) is 6.63. The number of carbonyl (C=O) groups excluding carboxylic acids is 2. The minimum absolute atomic E-state index is 0.208. The Balaban J connectivity index is 1.54. The molecule has 3 amide bonds. The maximum atomic E-state index is 12.3. The van der Waals surface area contributed by atoms with Gasteiger partial charge in [-0.3, -0.25) is 4.79 Å². The molecule has 148 valence electrons. The zero-order chi connectivity index (χ0) is 20.6. The van der Waals surface area contributed by atoms with Gasteiger partial charge in [0.2, 0.25) is 0 Å². The molecule has 29 heavy (non-hydrogen) atoms. The zero-order valence-corrected chi connectivity index (χ0v) is 16.3. The van der Waals surface area contributed by atoms with E-state index in [9.17, 15) is 9.59 Å². The van der Waals surface area contributed by atoms with Crippen LogP contribution in [-0.4, -0.2) is 31.0 Å². The Bertz CT molecular complexity index is 972. The van der Waals surface area contributed by atoms with E-state index in [2.05, 4.69) is 20.9 Å². The molecule has 0 saturated carbocycles. The lowest BCUT2D eigenvalue weighted by Gasteiger charge is -2.12. The van der Waals surface area contributed by atoms with E-state index in [1.54, 1.807) is 54.7 Å². The van der Waals surface area contributed by atoms with Gasteiger partial charge in [0.05, 0.1) is 0 Å². The number of nitrogens with zero attached hydrogens (tertiary/aromatic N) is 2. The Morgan fingerprint density at radius 2 is 1.62 bits per heavy atom. The second kappa shape index (κ2) is 9.36. The Hall–Kier alpha value is -3.87. The molecule has 0 spiro atoms. The van der Waals surface area contributed by atoms with E-state index in [1.165, 1.54) is 0 Å². The van der Waals surface area contributed by atoms with Crippen molar-refractivity contribution in [2.75, 3.05) is 29.6 Å². The molecule has 3 aromatic rings. The minimum atomic E-state index is -0.340. The lowest BCUT2D eigenvalue weighted by Crippen LogP contribution is -2.28. The monoisotopic (exact) mass is 389 g/mol. The fraction of sp³-hybridized carbons (Fsp3) is 0.136. The van der Waals surface area contributed by atoms with Crippen molar-refractivity contribution in [2.45, 2.75) is 6.54 Å². The van der Waals surface area contributed by atoms with Crippen LogP contribution in [0.3, 0.4) is 0 Å². The lowest BCUT2D eigenvalue weighted by atomic mass is 10.2. The average molecular weight is 389 g/mol. The largest absolute Gasteiger partial charge is 0.363 e. The fourth-order valence-electron chi connectivity index (χ4n) is 2.61. The molecular formula is C22H23N5O2. The summed E-state index contributed by atoms with van der Waals surface area (Å²) in [6.07, 6.45) is 1.73. The smallest absolute Gasteiger partial charge is 0.319 e. The molecule has 1 heterocycles. The first-order chi connectivity index (χ1) is 14.0. The van der Waals surface area contributed by atoms with Gasteiger partial charge < -0.3 is 20.9 Å². The molecule has 0 unspecified atom stereocenters. The standard InChI is InChI=1S/C22H23N5O2/c1-27(2)20-12-11-16(14-23-20)15-24-22(29)26-19-10-6-9-18(13-19)25-21(28)17-7-4-3-5-8-17/h3-14H,15H2,1-2H3,(H,25,28)(H2,24,26,29). The topological polar surface area (TPSA) is 86.4 Å². The number of anilines is 3. The summed E-state index contributed by atoms with van der Waals surface area (Å²) < 4.78 is 0. The summed E-state index contributed by atoms with van der Waals surface area (Å²) in [6.45, 7) is 0.358. The van der Waals surface area contributed by atoms with Gasteiger partial charge in [0.15, 0.2) is 0 Å². The Morgan fingerprint density at radius 3 is 2.28 bits per heavy atom. The molecule has 0 radical (unpaired) electrons. The quantitative estimate of drug-likeness (QED) is 0.600. The molecule has 0 saturated heterocycles. The van der Waals surface area contributed by atoms with Crippen molar-refractivity contribution >= 4 is 29.1 Å². The molecule has 0 aliphatic rings. The molecule has 7 nitrogen and oxygen atoms in total. The summed E-state index contributed by atoms with van der Waals surface area (Å²) in [4.78, 5) is 30.7. The molecule has 0 fully saturated rings. The normalized spacial score (nSPS) is 10.1. The van der Waals surface area contributed by atoms with E-state index in [1.807, 2.05) is 37.2 Å². The second-order valence-corrected chi connectivity index (χ2v) is 6.63. The molecule has 3 rings (SSSR count). The number of urea groups is 1. The molecule has 0 atom stereocenters. The van der Waals surface area contributed by atoms with Crippen LogP contribution in [0.5, 0.6) is 0 Å². The molecule has 0 aliphatic heterocycles. The van der Waals surface area contributed by atoms with Crippen molar-refractivity contribution in [3.05, 3.63) is 84.1 Å². The van der Waals surface area contributed by atoms with E-state index in [0.717, 1.165) is 11.4 Å². The Labute approximate surface area is 169 Å². The van der Waals surface area contributed by atoms with E-state index < -0.39 is 0 Å². The van der Waals surface area contributed by atoms with Crippen molar-refractivity contribution in [1.29, 1.82) is 0 Å². The number of rotatable bonds is 6. The average Bonchev–Trinajstić information content (AvgIpc) is 2.73. The highest BCUT2D eigenvalue weighted by atomic mass is 16.2. The number of carbonyl (C=O) groups is 2. The van der Waals surface area contributed by atoms with Crippen molar-refractivity contribution < 1.29 is 9.59 Å². The molecule has 1 aromatic heterocycles. The Kier molecular flexibility index (Phi) is 6.42. The number of aromatic nitrogens is 1. The zero-order valence-electron chi connectivity index (χ0n) is 16.3. The highest BCUT2D eigenvalue weighted by Crippen LogP contribution is 2.16.